The highest BCUT2D eigenvalue weighted by Gasteiger charge is 2.18. The molecule has 0 saturated carbocycles. The summed E-state index contributed by atoms with van der Waals surface area (Å²) in [4.78, 5) is 0. The zero-order valence-electron chi connectivity index (χ0n) is 11.6. The molecule has 0 aromatic carbocycles. The molecular weight excluding hydrogens is 216 g/mol. The second kappa shape index (κ2) is 8.68. The van der Waals surface area contributed by atoms with Gasteiger partial charge in [-0.1, -0.05) is 26.2 Å². The highest BCUT2D eigenvalue weighted by molar-refractivity contribution is 6.69. The van der Waals surface area contributed by atoms with E-state index in [0.717, 1.165) is 12.4 Å². The van der Waals surface area contributed by atoms with Crippen LogP contribution in [-0.4, -0.2) is 14.9 Å². The van der Waals surface area contributed by atoms with E-state index in [2.05, 4.69) is 32.6 Å². The van der Waals surface area contributed by atoms with Gasteiger partial charge in [-0.05, 0) is 45.5 Å². The summed E-state index contributed by atoms with van der Waals surface area (Å²) in [7, 11) is -1.53. The Kier molecular flexibility index (Phi) is 8.44. The predicted octanol–water partition coefficient (Wildman–Crippen LogP) is 4.69. The molecule has 0 radical (unpaired) electrons. The monoisotopic (exact) mass is 244 g/mol. The number of allylic oxidation sites excluding steroid dienone is 1. The number of unbranched alkanes of at least 4 members (excludes halogenated alkanes) is 4. The maximum atomic E-state index is 5.86. The fourth-order valence-corrected chi connectivity index (χ4v) is 2.11. The maximum absolute atomic E-state index is 5.86. The minimum Gasteiger partial charge on any atom is -0.520 e. The molecule has 0 amide bonds. The number of rotatable bonds is 9. The summed E-state index contributed by atoms with van der Waals surface area (Å²) in [6, 6.07) is 0. The Hall–Kier alpha value is -0.443. The Labute approximate surface area is 102 Å². The van der Waals surface area contributed by atoms with Crippen molar-refractivity contribution in [3.05, 3.63) is 12.0 Å². The molecule has 0 heterocycles. The molecule has 0 aromatic rings. The third kappa shape index (κ3) is 10.1. The Morgan fingerprint density at radius 3 is 2.25 bits per heavy atom. The summed E-state index contributed by atoms with van der Waals surface area (Å²) in [6.07, 6.45) is 8.33. The highest BCUT2D eigenvalue weighted by Crippen LogP contribution is 2.13. The van der Waals surface area contributed by atoms with Crippen molar-refractivity contribution in [1.82, 2.24) is 0 Å². The van der Waals surface area contributed by atoms with Gasteiger partial charge in [-0.15, -0.1) is 0 Å². The Bertz CT molecular complexity index is 195. The summed E-state index contributed by atoms with van der Waals surface area (Å²) in [5, 5.41) is 0. The second-order valence-corrected chi connectivity index (χ2v) is 9.45. The lowest BCUT2D eigenvalue weighted by Crippen LogP contribution is -2.25. The molecule has 2 nitrogen and oxygen atoms in total. The van der Waals surface area contributed by atoms with Crippen LogP contribution in [-0.2, 0) is 9.16 Å². The summed E-state index contributed by atoms with van der Waals surface area (Å²) in [5.74, 6) is 0.748. The van der Waals surface area contributed by atoms with Gasteiger partial charge in [-0.3, -0.25) is 0 Å². The largest absolute Gasteiger partial charge is 0.520 e. The number of ether oxygens (including phenoxy) is 1. The first kappa shape index (κ1) is 15.6. The number of hydrogen-bond acceptors (Lipinski definition) is 2. The standard InChI is InChI=1S/C13H28O2Si/c1-6-8-9-10-11-12-13(14-7-2)15-16(3,4)5/h12H,6-11H2,1-5H3/b13-12+. The first-order chi connectivity index (χ1) is 7.49. The molecule has 16 heavy (non-hydrogen) atoms. The van der Waals surface area contributed by atoms with Crippen molar-refractivity contribution < 1.29 is 9.16 Å². The predicted molar refractivity (Wildman–Crippen MR) is 72.9 cm³/mol. The first-order valence-electron chi connectivity index (χ1n) is 6.51. The summed E-state index contributed by atoms with van der Waals surface area (Å²) in [6.45, 7) is 11.4. The molecule has 0 atom stereocenters. The zero-order valence-corrected chi connectivity index (χ0v) is 12.6. The van der Waals surface area contributed by atoms with E-state index >= 15 is 0 Å². The second-order valence-electron chi connectivity index (χ2n) is 5.02. The van der Waals surface area contributed by atoms with Gasteiger partial charge in [0.15, 0.2) is 0 Å². The lowest BCUT2D eigenvalue weighted by atomic mass is 10.1. The van der Waals surface area contributed by atoms with Crippen LogP contribution in [0.25, 0.3) is 0 Å². The lowest BCUT2D eigenvalue weighted by Gasteiger charge is -2.21. The molecule has 0 rings (SSSR count). The molecule has 0 aliphatic heterocycles. The van der Waals surface area contributed by atoms with Crippen LogP contribution >= 0.6 is 0 Å². The molecule has 0 N–H and O–H groups in total. The maximum Gasteiger partial charge on any atom is 0.261 e. The van der Waals surface area contributed by atoms with E-state index in [1.54, 1.807) is 0 Å². The smallest absolute Gasteiger partial charge is 0.261 e. The van der Waals surface area contributed by atoms with Crippen LogP contribution in [0.1, 0.15) is 46.0 Å². The Morgan fingerprint density at radius 1 is 1.06 bits per heavy atom. The van der Waals surface area contributed by atoms with E-state index in [9.17, 15) is 0 Å². The van der Waals surface area contributed by atoms with Gasteiger partial charge in [0.1, 0.15) is 0 Å². The van der Waals surface area contributed by atoms with Gasteiger partial charge in [0.05, 0.1) is 6.61 Å². The molecule has 0 bridgehead atoms. The Morgan fingerprint density at radius 2 is 1.75 bits per heavy atom. The number of hydrogen-bond donors (Lipinski definition) is 0. The van der Waals surface area contributed by atoms with E-state index in [4.69, 9.17) is 9.16 Å². The van der Waals surface area contributed by atoms with Crippen molar-refractivity contribution in [2.75, 3.05) is 6.61 Å². The van der Waals surface area contributed by atoms with Crippen LogP contribution in [0.4, 0.5) is 0 Å². The van der Waals surface area contributed by atoms with E-state index in [-0.39, 0.29) is 0 Å². The summed E-state index contributed by atoms with van der Waals surface area (Å²) in [5.41, 5.74) is 0. The molecule has 0 fully saturated rings. The fraction of sp³-hybridized carbons (Fsp3) is 0.846. The quantitative estimate of drug-likeness (QED) is 0.333. The van der Waals surface area contributed by atoms with E-state index < -0.39 is 8.32 Å². The molecule has 0 spiro atoms. The molecule has 0 aromatic heterocycles. The van der Waals surface area contributed by atoms with Crippen molar-refractivity contribution in [1.29, 1.82) is 0 Å². The molecule has 3 heteroatoms. The molecule has 0 aliphatic rings. The van der Waals surface area contributed by atoms with Crippen LogP contribution in [0.5, 0.6) is 0 Å². The molecule has 0 unspecified atom stereocenters. The lowest BCUT2D eigenvalue weighted by molar-refractivity contribution is 0.111. The van der Waals surface area contributed by atoms with E-state index in [0.29, 0.717) is 6.61 Å². The van der Waals surface area contributed by atoms with Crippen molar-refractivity contribution in [2.24, 2.45) is 0 Å². The van der Waals surface area contributed by atoms with Gasteiger partial charge in [-0.2, -0.15) is 0 Å². The molecule has 0 saturated heterocycles. The first-order valence-corrected chi connectivity index (χ1v) is 9.92. The summed E-state index contributed by atoms with van der Waals surface area (Å²) >= 11 is 0. The van der Waals surface area contributed by atoms with Crippen molar-refractivity contribution in [3.8, 4) is 0 Å². The van der Waals surface area contributed by atoms with Crippen molar-refractivity contribution in [2.45, 2.75) is 65.6 Å². The van der Waals surface area contributed by atoms with Crippen LogP contribution in [0.2, 0.25) is 19.6 Å². The topological polar surface area (TPSA) is 18.5 Å². The van der Waals surface area contributed by atoms with Crippen LogP contribution < -0.4 is 0 Å². The van der Waals surface area contributed by atoms with Gasteiger partial charge < -0.3 is 9.16 Å². The minimum atomic E-state index is -1.53. The van der Waals surface area contributed by atoms with Gasteiger partial charge in [0, 0.05) is 0 Å². The highest BCUT2D eigenvalue weighted by atomic mass is 28.4. The zero-order chi connectivity index (χ0) is 12.4. The van der Waals surface area contributed by atoms with Crippen molar-refractivity contribution >= 4 is 8.32 Å². The Balaban J connectivity index is 3.94. The van der Waals surface area contributed by atoms with Crippen LogP contribution in [0, 0.1) is 0 Å². The van der Waals surface area contributed by atoms with E-state index in [1.165, 1.54) is 25.7 Å². The molecular formula is C13H28O2Si. The van der Waals surface area contributed by atoms with Gasteiger partial charge in [0.2, 0.25) is 8.32 Å². The normalized spacial score (nSPS) is 12.7. The summed E-state index contributed by atoms with van der Waals surface area (Å²) < 4.78 is 11.4. The minimum absolute atomic E-state index is 0.686. The average molecular weight is 244 g/mol. The third-order valence-electron chi connectivity index (χ3n) is 2.06. The molecule has 0 aliphatic carbocycles. The van der Waals surface area contributed by atoms with Gasteiger partial charge in [0.25, 0.3) is 5.95 Å². The van der Waals surface area contributed by atoms with Gasteiger partial charge in [-0.25, -0.2) is 0 Å². The van der Waals surface area contributed by atoms with Crippen LogP contribution in [0.15, 0.2) is 12.0 Å². The third-order valence-corrected chi connectivity index (χ3v) is 2.88. The average Bonchev–Trinajstić information content (AvgIpc) is 2.15. The van der Waals surface area contributed by atoms with Crippen molar-refractivity contribution in [3.63, 3.8) is 0 Å². The molecule has 96 valence electrons. The SMILES string of the molecule is CCCCCC/C=C(\OCC)O[Si](C)(C)C. The van der Waals surface area contributed by atoms with Crippen LogP contribution in [0.3, 0.4) is 0 Å². The van der Waals surface area contributed by atoms with Gasteiger partial charge >= 0.3 is 0 Å². The van der Waals surface area contributed by atoms with E-state index in [1.807, 2.05) is 6.92 Å². The fourth-order valence-electron chi connectivity index (χ4n) is 1.37.